The van der Waals surface area contributed by atoms with Gasteiger partial charge < -0.3 is 0 Å². The Balaban J connectivity index is 3.04. The number of allylic oxidation sites excluding steroid dienone is 3. The van der Waals surface area contributed by atoms with Gasteiger partial charge in [0, 0.05) is 12.0 Å². The van der Waals surface area contributed by atoms with Crippen LogP contribution in [-0.4, -0.2) is 0 Å². The zero-order valence-electron chi connectivity index (χ0n) is 10.9. The lowest BCUT2D eigenvalue weighted by Crippen LogP contribution is -1.88. The van der Waals surface area contributed by atoms with E-state index in [4.69, 9.17) is 0 Å². The molecule has 0 aliphatic rings. The molecule has 104 valence electrons. The fourth-order valence-electron chi connectivity index (χ4n) is 1.48. The summed E-state index contributed by atoms with van der Waals surface area (Å²) in [6.45, 7) is 3.58. The lowest BCUT2D eigenvalue weighted by molar-refractivity contribution is 0.465. The molecule has 1 rings (SSSR count). The summed E-state index contributed by atoms with van der Waals surface area (Å²) in [5.74, 6) is -6.16. The van der Waals surface area contributed by atoms with Gasteiger partial charge in [-0.2, -0.15) is 0 Å². The van der Waals surface area contributed by atoms with Gasteiger partial charge in [0.1, 0.15) is 5.83 Å². The van der Waals surface area contributed by atoms with E-state index in [2.05, 4.69) is 0 Å². The van der Waals surface area contributed by atoms with Gasteiger partial charge in [-0.25, -0.2) is 17.6 Å². The van der Waals surface area contributed by atoms with Crippen molar-refractivity contribution in [3.8, 4) is 0 Å². The molecular formula is C15H16F4. The molecular weight excluding hydrogens is 256 g/mol. The van der Waals surface area contributed by atoms with E-state index in [0.29, 0.717) is 12.8 Å². The minimum absolute atomic E-state index is 0.110. The van der Waals surface area contributed by atoms with Crippen molar-refractivity contribution in [2.45, 2.75) is 33.1 Å². The summed E-state index contributed by atoms with van der Waals surface area (Å²) in [7, 11) is 0. The van der Waals surface area contributed by atoms with Crippen LogP contribution in [0.25, 0.3) is 5.83 Å². The molecule has 0 bridgehead atoms. The molecule has 0 amide bonds. The molecule has 0 spiro atoms. The van der Waals surface area contributed by atoms with Crippen LogP contribution in [0.3, 0.4) is 0 Å². The maximum Gasteiger partial charge on any atom is 0.197 e. The molecule has 1 aromatic carbocycles. The van der Waals surface area contributed by atoms with Crippen molar-refractivity contribution in [1.82, 2.24) is 0 Å². The second kappa shape index (κ2) is 7.12. The van der Waals surface area contributed by atoms with Crippen molar-refractivity contribution in [1.29, 1.82) is 0 Å². The Hall–Kier alpha value is -1.58. The third-order valence-corrected chi connectivity index (χ3v) is 2.68. The SMILES string of the molecule is CCCC/C(F)=C(F)/C(F)=C(\F)c1ccc(C)cc1. The molecule has 0 aliphatic carbocycles. The minimum atomic E-state index is -1.78. The van der Waals surface area contributed by atoms with Crippen LogP contribution in [0.4, 0.5) is 17.6 Å². The highest BCUT2D eigenvalue weighted by Gasteiger charge is 2.18. The second-order valence-corrected chi connectivity index (χ2v) is 4.32. The van der Waals surface area contributed by atoms with Crippen LogP contribution < -0.4 is 0 Å². The highest BCUT2D eigenvalue weighted by atomic mass is 19.2. The molecule has 0 aliphatic heterocycles. The van der Waals surface area contributed by atoms with Crippen LogP contribution in [0.1, 0.15) is 37.3 Å². The summed E-state index contributed by atoms with van der Waals surface area (Å²) in [5.41, 5.74) is 0.753. The Labute approximate surface area is 110 Å². The molecule has 19 heavy (non-hydrogen) atoms. The predicted molar refractivity (Wildman–Crippen MR) is 69.1 cm³/mol. The van der Waals surface area contributed by atoms with Crippen LogP contribution in [0.15, 0.2) is 41.7 Å². The second-order valence-electron chi connectivity index (χ2n) is 4.32. The molecule has 4 heteroatoms. The molecule has 0 aromatic heterocycles. The summed E-state index contributed by atoms with van der Waals surface area (Å²) < 4.78 is 53.7. The van der Waals surface area contributed by atoms with E-state index in [9.17, 15) is 17.6 Å². The zero-order valence-corrected chi connectivity index (χ0v) is 10.9. The fourth-order valence-corrected chi connectivity index (χ4v) is 1.48. The Morgan fingerprint density at radius 1 is 0.947 bits per heavy atom. The highest BCUT2D eigenvalue weighted by Crippen LogP contribution is 2.30. The number of hydrogen-bond donors (Lipinski definition) is 0. The van der Waals surface area contributed by atoms with E-state index in [-0.39, 0.29) is 12.0 Å². The van der Waals surface area contributed by atoms with Gasteiger partial charge in [0.2, 0.25) is 0 Å². The molecule has 1 aromatic rings. The van der Waals surface area contributed by atoms with Crippen LogP contribution >= 0.6 is 0 Å². The van der Waals surface area contributed by atoms with Crippen molar-refractivity contribution in [3.63, 3.8) is 0 Å². The first-order valence-corrected chi connectivity index (χ1v) is 6.14. The van der Waals surface area contributed by atoms with Crippen LogP contribution in [-0.2, 0) is 0 Å². The third kappa shape index (κ3) is 4.23. The number of benzene rings is 1. The van der Waals surface area contributed by atoms with Gasteiger partial charge in [-0.05, 0) is 13.3 Å². The number of unbranched alkanes of at least 4 members (excludes halogenated alkanes) is 1. The summed E-state index contributed by atoms with van der Waals surface area (Å²) in [6, 6.07) is 5.78. The van der Waals surface area contributed by atoms with E-state index in [0.717, 1.165) is 5.56 Å². The van der Waals surface area contributed by atoms with Crippen LogP contribution in [0, 0.1) is 6.92 Å². The first-order chi connectivity index (χ1) is 8.97. The average Bonchev–Trinajstić information content (AvgIpc) is 2.43. The Morgan fingerprint density at radius 3 is 2.05 bits per heavy atom. The lowest BCUT2D eigenvalue weighted by Gasteiger charge is -2.02. The van der Waals surface area contributed by atoms with E-state index < -0.39 is 23.3 Å². The van der Waals surface area contributed by atoms with E-state index in [1.54, 1.807) is 26.0 Å². The van der Waals surface area contributed by atoms with Crippen LogP contribution in [0.2, 0.25) is 0 Å². The Kier molecular flexibility index (Phi) is 5.80. The van der Waals surface area contributed by atoms with E-state index in [1.165, 1.54) is 12.1 Å². The lowest BCUT2D eigenvalue weighted by atomic mass is 10.1. The predicted octanol–water partition coefficient (Wildman–Crippen LogP) is 5.94. The quantitative estimate of drug-likeness (QED) is 0.459. The summed E-state index contributed by atoms with van der Waals surface area (Å²) in [6.07, 6.45) is 0.808. The van der Waals surface area contributed by atoms with Crippen molar-refractivity contribution < 1.29 is 17.6 Å². The summed E-state index contributed by atoms with van der Waals surface area (Å²) in [4.78, 5) is 0. The van der Waals surface area contributed by atoms with Gasteiger partial charge in [-0.1, -0.05) is 43.2 Å². The van der Waals surface area contributed by atoms with E-state index >= 15 is 0 Å². The molecule has 0 atom stereocenters. The molecule has 0 nitrogen and oxygen atoms in total. The molecule has 0 saturated heterocycles. The Morgan fingerprint density at radius 2 is 1.53 bits per heavy atom. The van der Waals surface area contributed by atoms with Gasteiger partial charge in [0.05, 0.1) is 0 Å². The first kappa shape index (κ1) is 15.5. The fraction of sp³-hybridized carbons (Fsp3) is 0.333. The third-order valence-electron chi connectivity index (χ3n) is 2.68. The van der Waals surface area contributed by atoms with Crippen molar-refractivity contribution >= 4 is 5.83 Å². The number of halogens is 4. The normalized spacial score (nSPS) is 14.0. The topological polar surface area (TPSA) is 0 Å². The van der Waals surface area contributed by atoms with Crippen molar-refractivity contribution in [2.24, 2.45) is 0 Å². The molecule has 0 heterocycles. The van der Waals surface area contributed by atoms with Gasteiger partial charge in [0.25, 0.3) is 0 Å². The monoisotopic (exact) mass is 272 g/mol. The number of aryl methyl sites for hydroxylation is 1. The Bertz CT molecular complexity index is 483. The number of hydrogen-bond acceptors (Lipinski definition) is 0. The average molecular weight is 272 g/mol. The zero-order chi connectivity index (χ0) is 14.4. The van der Waals surface area contributed by atoms with E-state index in [1.807, 2.05) is 0 Å². The minimum Gasteiger partial charge on any atom is -0.208 e. The van der Waals surface area contributed by atoms with Crippen molar-refractivity contribution in [2.75, 3.05) is 0 Å². The largest absolute Gasteiger partial charge is 0.208 e. The smallest absolute Gasteiger partial charge is 0.197 e. The maximum atomic E-state index is 13.7. The van der Waals surface area contributed by atoms with Crippen molar-refractivity contribution in [3.05, 3.63) is 52.9 Å². The van der Waals surface area contributed by atoms with Gasteiger partial charge in [-0.15, -0.1) is 0 Å². The number of rotatable bonds is 5. The standard InChI is InChI=1S/C15H16F4/c1-3-4-5-12(16)14(18)15(19)13(17)11-8-6-10(2)7-9-11/h6-9H,3-5H2,1-2H3/b14-12+,15-13+. The molecule has 0 unspecified atom stereocenters. The molecule has 0 fully saturated rings. The van der Waals surface area contributed by atoms with Gasteiger partial charge >= 0.3 is 0 Å². The molecule has 0 saturated carbocycles. The summed E-state index contributed by atoms with van der Waals surface area (Å²) in [5, 5.41) is 0. The van der Waals surface area contributed by atoms with Crippen LogP contribution in [0.5, 0.6) is 0 Å². The maximum absolute atomic E-state index is 13.7. The van der Waals surface area contributed by atoms with Gasteiger partial charge in [0.15, 0.2) is 17.5 Å². The molecule has 0 radical (unpaired) electrons. The highest BCUT2D eigenvalue weighted by molar-refractivity contribution is 5.64. The molecule has 0 N–H and O–H groups in total. The van der Waals surface area contributed by atoms with Gasteiger partial charge in [-0.3, -0.25) is 0 Å². The first-order valence-electron chi connectivity index (χ1n) is 6.14. The summed E-state index contributed by atoms with van der Waals surface area (Å²) >= 11 is 0.